The number of carbonyl (C=O) groups is 1. The molecule has 0 saturated carbocycles. The quantitative estimate of drug-likeness (QED) is 0.937. The zero-order chi connectivity index (χ0) is 15.4. The third-order valence-electron chi connectivity index (χ3n) is 3.05. The number of nitrogens with zero attached hydrogens (tertiary/aromatic N) is 1. The largest absolute Gasteiger partial charge is 0.380 e. The summed E-state index contributed by atoms with van der Waals surface area (Å²) in [5, 5.41) is 3.02. The van der Waals surface area contributed by atoms with E-state index in [0.717, 1.165) is 6.07 Å². The van der Waals surface area contributed by atoms with Crippen LogP contribution in [0.1, 0.15) is 15.9 Å². The fourth-order valence-electron chi connectivity index (χ4n) is 1.92. The van der Waals surface area contributed by atoms with E-state index in [0.29, 0.717) is 16.8 Å². The molecule has 0 radical (unpaired) electrons. The molecule has 0 aliphatic rings. The Bertz CT molecular complexity index is 656. The van der Waals surface area contributed by atoms with Gasteiger partial charge in [0.1, 0.15) is 11.6 Å². The predicted octanol–water partition coefficient (Wildman–Crippen LogP) is 3.28. The van der Waals surface area contributed by atoms with Gasteiger partial charge in [-0.1, -0.05) is 18.2 Å². The van der Waals surface area contributed by atoms with E-state index in [1.165, 1.54) is 17.0 Å². The standard InChI is InChI=1S/C16H16F2N2O/c1-20(2)16(21)13-5-3-4-6-15(13)19-10-11-7-8-12(17)9-14(11)18/h3-9,19H,10H2,1-2H3. The fourth-order valence-corrected chi connectivity index (χ4v) is 1.92. The summed E-state index contributed by atoms with van der Waals surface area (Å²) in [7, 11) is 3.33. The summed E-state index contributed by atoms with van der Waals surface area (Å²) in [5.74, 6) is -1.36. The maximum atomic E-state index is 13.6. The third kappa shape index (κ3) is 3.56. The Labute approximate surface area is 122 Å². The molecule has 0 atom stereocenters. The van der Waals surface area contributed by atoms with Gasteiger partial charge in [-0.05, 0) is 18.2 Å². The summed E-state index contributed by atoms with van der Waals surface area (Å²) in [6.45, 7) is 0.170. The Morgan fingerprint density at radius 1 is 1.14 bits per heavy atom. The van der Waals surface area contributed by atoms with Crippen molar-refractivity contribution in [3.8, 4) is 0 Å². The molecular formula is C16H16F2N2O. The van der Waals surface area contributed by atoms with Gasteiger partial charge in [-0.25, -0.2) is 8.78 Å². The van der Waals surface area contributed by atoms with Crippen molar-refractivity contribution in [2.24, 2.45) is 0 Å². The number of anilines is 1. The van der Waals surface area contributed by atoms with E-state index in [1.54, 1.807) is 38.4 Å². The van der Waals surface area contributed by atoms with Crippen molar-refractivity contribution in [1.82, 2.24) is 4.90 Å². The van der Waals surface area contributed by atoms with Gasteiger partial charge < -0.3 is 10.2 Å². The second kappa shape index (κ2) is 6.35. The number of hydrogen-bond donors (Lipinski definition) is 1. The van der Waals surface area contributed by atoms with E-state index >= 15 is 0 Å². The van der Waals surface area contributed by atoms with Crippen molar-refractivity contribution < 1.29 is 13.6 Å². The highest BCUT2D eigenvalue weighted by Crippen LogP contribution is 2.18. The number of hydrogen-bond acceptors (Lipinski definition) is 2. The van der Waals surface area contributed by atoms with Crippen molar-refractivity contribution in [2.75, 3.05) is 19.4 Å². The molecule has 1 N–H and O–H groups in total. The van der Waals surface area contributed by atoms with Crippen LogP contribution < -0.4 is 5.32 Å². The first kappa shape index (κ1) is 15.0. The van der Waals surface area contributed by atoms with Crippen LogP contribution in [0.15, 0.2) is 42.5 Å². The number of carbonyl (C=O) groups excluding carboxylic acids is 1. The van der Waals surface area contributed by atoms with Gasteiger partial charge in [0.2, 0.25) is 0 Å². The van der Waals surface area contributed by atoms with E-state index in [2.05, 4.69) is 5.32 Å². The molecule has 0 spiro atoms. The number of benzene rings is 2. The van der Waals surface area contributed by atoms with Crippen LogP contribution >= 0.6 is 0 Å². The fraction of sp³-hybridized carbons (Fsp3) is 0.188. The van der Waals surface area contributed by atoms with Crippen LogP contribution in [0.5, 0.6) is 0 Å². The number of rotatable bonds is 4. The summed E-state index contributed by atoms with van der Waals surface area (Å²) >= 11 is 0. The van der Waals surface area contributed by atoms with E-state index in [-0.39, 0.29) is 12.5 Å². The van der Waals surface area contributed by atoms with Crippen molar-refractivity contribution in [3.63, 3.8) is 0 Å². The SMILES string of the molecule is CN(C)C(=O)c1ccccc1NCc1ccc(F)cc1F. The molecule has 3 nitrogen and oxygen atoms in total. The van der Waals surface area contributed by atoms with Gasteiger partial charge in [0, 0.05) is 38.0 Å². The second-order valence-corrected chi connectivity index (χ2v) is 4.83. The lowest BCUT2D eigenvalue weighted by atomic mass is 10.1. The Morgan fingerprint density at radius 2 is 1.86 bits per heavy atom. The average molecular weight is 290 g/mol. The van der Waals surface area contributed by atoms with Crippen LogP contribution in [-0.4, -0.2) is 24.9 Å². The van der Waals surface area contributed by atoms with Gasteiger partial charge >= 0.3 is 0 Å². The molecule has 5 heteroatoms. The first-order valence-corrected chi connectivity index (χ1v) is 6.47. The minimum absolute atomic E-state index is 0.141. The lowest BCUT2D eigenvalue weighted by Crippen LogP contribution is -2.22. The molecule has 110 valence electrons. The lowest BCUT2D eigenvalue weighted by Gasteiger charge is -2.15. The average Bonchev–Trinajstić information content (AvgIpc) is 2.46. The number of amides is 1. The van der Waals surface area contributed by atoms with Crippen molar-refractivity contribution in [1.29, 1.82) is 0 Å². The van der Waals surface area contributed by atoms with Crippen molar-refractivity contribution >= 4 is 11.6 Å². The maximum absolute atomic E-state index is 13.6. The molecule has 0 aliphatic carbocycles. The van der Waals surface area contributed by atoms with Crippen LogP contribution in [0.3, 0.4) is 0 Å². The molecule has 2 rings (SSSR count). The molecule has 2 aromatic carbocycles. The van der Waals surface area contributed by atoms with E-state index in [4.69, 9.17) is 0 Å². The van der Waals surface area contributed by atoms with E-state index < -0.39 is 11.6 Å². The summed E-state index contributed by atoms with van der Waals surface area (Å²) < 4.78 is 26.4. The minimum Gasteiger partial charge on any atom is -0.380 e. The Hall–Kier alpha value is -2.43. The van der Waals surface area contributed by atoms with Gasteiger partial charge in [0.15, 0.2) is 0 Å². The molecule has 0 saturated heterocycles. The molecule has 21 heavy (non-hydrogen) atoms. The van der Waals surface area contributed by atoms with Crippen molar-refractivity contribution in [2.45, 2.75) is 6.54 Å². The highest BCUT2D eigenvalue weighted by atomic mass is 19.1. The monoisotopic (exact) mass is 290 g/mol. The second-order valence-electron chi connectivity index (χ2n) is 4.83. The van der Waals surface area contributed by atoms with Crippen LogP contribution in [0.2, 0.25) is 0 Å². The summed E-state index contributed by atoms with van der Waals surface area (Å²) in [6, 6.07) is 10.4. The first-order chi connectivity index (χ1) is 9.99. The number of halogens is 2. The summed E-state index contributed by atoms with van der Waals surface area (Å²) in [6.07, 6.45) is 0. The maximum Gasteiger partial charge on any atom is 0.255 e. The zero-order valence-corrected chi connectivity index (χ0v) is 11.9. The molecule has 1 amide bonds. The normalized spacial score (nSPS) is 10.3. The van der Waals surface area contributed by atoms with Crippen LogP contribution in [0.4, 0.5) is 14.5 Å². The molecular weight excluding hydrogens is 274 g/mol. The van der Waals surface area contributed by atoms with Gasteiger partial charge in [0.05, 0.1) is 5.56 Å². The molecule has 0 bridgehead atoms. The third-order valence-corrected chi connectivity index (χ3v) is 3.05. The van der Waals surface area contributed by atoms with E-state index in [9.17, 15) is 13.6 Å². The minimum atomic E-state index is -0.612. The Morgan fingerprint density at radius 3 is 2.52 bits per heavy atom. The molecule has 0 aliphatic heterocycles. The Kier molecular flexibility index (Phi) is 4.52. The van der Waals surface area contributed by atoms with Crippen LogP contribution in [-0.2, 0) is 6.54 Å². The number of nitrogens with one attached hydrogen (secondary N) is 1. The molecule has 0 fully saturated rings. The van der Waals surface area contributed by atoms with Crippen LogP contribution in [0.25, 0.3) is 0 Å². The van der Waals surface area contributed by atoms with Gasteiger partial charge in [-0.2, -0.15) is 0 Å². The summed E-state index contributed by atoms with van der Waals surface area (Å²) in [4.78, 5) is 13.5. The zero-order valence-electron chi connectivity index (χ0n) is 11.9. The highest BCUT2D eigenvalue weighted by molar-refractivity contribution is 5.99. The first-order valence-electron chi connectivity index (χ1n) is 6.47. The van der Waals surface area contributed by atoms with Gasteiger partial charge in [0.25, 0.3) is 5.91 Å². The molecule has 0 unspecified atom stereocenters. The van der Waals surface area contributed by atoms with Gasteiger partial charge in [-0.3, -0.25) is 4.79 Å². The lowest BCUT2D eigenvalue weighted by molar-refractivity contribution is 0.0828. The molecule has 0 heterocycles. The Balaban J connectivity index is 2.19. The topological polar surface area (TPSA) is 32.3 Å². The van der Waals surface area contributed by atoms with E-state index in [1.807, 2.05) is 0 Å². The summed E-state index contributed by atoms with van der Waals surface area (Å²) in [5.41, 5.74) is 1.45. The smallest absolute Gasteiger partial charge is 0.255 e. The highest BCUT2D eigenvalue weighted by Gasteiger charge is 2.13. The predicted molar refractivity (Wildman–Crippen MR) is 78.1 cm³/mol. The van der Waals surface area contributed by atoms with Crippen LogP contribution in [0, 0.1) is 11.6 Å². The van der Waals surface area contributed by atoms with Gasteiger partial charge in [-0.15, -0.1) is 0 Å². The molecule has 2 aromatic rings. The van der Waals surface area contributed by atoms with Crippen molar-refractivity contribution in [3.05, 3.63) is 65.2 Å². The molecule has 0 aromatic heterocycles. The number of para-hydroxylation sites is 1.